The maximum atomic E-state index is 12.6. The molecule has 0 aliphatic rings. The lowest BCUT2D eigenvalue weighted by Gasteiger charge is -2.19. The van der Waals surface area contributed by atoms with E-state index in [0.29, 0.717) is 11.3 Å². The molecule has 0 aliphatic heterocycles. The van der Waals surface area contributed by atoms with E-state index in [9.17, 15) is 22.8 Å². The summed E-state index contributed by atoms with van der Waals surface area (Å²) in [7, 11) is 0. The summed E-state index contributed by atoms with van der Waals surface area (Å²) >= 11 is 0. The second-order valence-corrected chi connectivity index (χ2v) is 5.14. The van der Waals surface area contributed by atoms with Crippen molar-refractivity contribution < 1.29 is 18.0 Å². The van der Waals surface area contributed by atoms with Crippen LogP contribution in [0.15, 0.2) is 47.4 Å². The number of ketones is 1. The van der Waals surface area contributed by atoms with Gasteiger partial charge in [-0.25, -0.2) is 0 Å². The van der Waals surface area contributed by atoms with Crippen LogP contribution in [0.3, 0.4) is 0 Å². The van der Waals surface area contributed by atoms with Crippen molar-refractivity contribution in [3.05, 3.63) is 58.5 Å². The summed E-state index contributed by atoms with van der Waals surface area (Å²) in [5.41, 5.74) is 0.563. The van der Waals surface area contributed by atoms with Gasteiger partial charge in [-0.3, -0.25) is 14.2 Å². The van der Waals surface area contributed by atoms with Gasteiger partial charge in [-0.05, 0) is 38.1 Å². The first kappa shape index (κ1) is 16.8. The summed E-state index contributed by atoms with van der Waals surface area (Å²) in [5, 5.41) is 2.34. The first-order valence-corrected chi connectivity index (χ1v) is 6.86. The number of aromatic nitrogens is 1. The lowest BCUT2D eigenvalue weighted by atomic mass is 10.2. The van der Waals surface area contributed by atoms with Crippen LogP contribution in [0.1, 0.15) is 24.2 Å². The molecular weight excluding hydrogens is 309 g/mol. The van der Waals surface area contributed by atoms with Crippen molar-refractivity contribution in [2.24, 2.45) is 0 Å². The summed E-state index contributed by atoms with van der Waals surface area (Å²) in [6.45, 7) is 2.38. The molecule has 7 heteroatoms. The number of alkyl halides is 3. The Balaban J connectivity index is 2.39. The molecule has 0 bridgehead atoms. The Morgan fingerprint density at radius 3 is 2.52 bits per heavy atom. The van der Waals surface area contributed by atoms with E-state index in [4.69, 9.17) is 0 Å². The first-order chi connectivity index (χ1) is 10.7. The van der Waals surface area contributed by atoms with E-state index in [0.717, 1.165) is 6.92 Å². The predicted molar refractivity (Wildman–Crippen MR) is 81.2 cm³/mol. The molecule has 0 saturated carbocycles. The molecule has 1 aromatic carbocycles. The maximum Gasteiger partial charge on any atom is 0.408 e. The Kier molecular flexibility index (Phi) is 4.58. The second-order valence-electron chi connectivity index (χ2n) is 5.14. The Bertz CT molecular complexity index is 781. The third-order valence-electron chi connectivity index (χ3n) is 3.32. The fourth-order valence-electron chi connectivity index (χ4n) is 1.97. The molecule has 1 atom stereocenters. The van der Waals surface area contributed by atoms with Crippen molar-refractivity contribution in [1.29, 1.82) is 0 Å². The maximum absolute atomic E-state index is 12.6. The molecule has 0 saturated heterocycles. The van der Waals surface area contributed by atoms with Crippen LogP contribution in [-0.2, 0) is 0 Å². The van der Waals surface area contributed by atoms with E-state index in [2.05, 4.69) is 5.32 Å². The fraction of sp³-hybridized carbons (Fsp3) is 0.250. The van der Waals surface area contributed by atoms with Crippen LogP contribution in [0.25, 0.3) is 5.69 Å². The average Bonchev–Trinajstić information content (AvgIpc) is 2.46. The molecule has 0 radical (unpaired) electrons. The lowest BCUT2D eigenvalue weighted by molar-refractivity contribution is -0.138. The molecule has 1 unspecified atom stereocenters. The molecular formula is C16H15F3N2O2. The highest BCUT2D eigenvalue weighted by atomic mass is 19.4. The van der Waals surface area contributed by atoms with Crippen LogP contribution in [0.5, 0.6) is 0 Å². The normalized spacial score (nSPS) is 12.7. The minimum atomic E-state index is -4.37. The van der Waals surface area contributed by atoms with Gasteiger partial charge in [0.05, 0.1) is 5.69 Å². The SMILES string of the molecule is CC(=O)c1ccc(=O)n(-c2cccc(NC(C)C(F)(F)F)c2)c1. The molecule has 2 rings (SSSR count). The molecule has 4 nitrogen and oxygen atoms in total. The molecule has 1 heterocycles. The Morgan fingerprint density at radius 2 is 1.91 bits per heavy atom. The third-order valence-corrected chi connectivity index (χ3v) is 3.32. The molecule has 0 spiro atoms. The van der Waals surface area contributed by atoms with Crippen LogP contribution in [0, 0.1) is 0 Å². The predicted octanol–water partition coefficient (Wildman–Crippen LogP) is 3.40. The molecule has 1 aromatic heterocycles. The van der Waals surface area contributed by atoms with Crippen LogP contribution in [0.2, 0.25) is 0 Å². The summed E-state index contributed by atoms with van der Waals surface area (Å²) in [6.07, 6.45) is -3.00. The fourth-order valence-corrected chi connectivity index (χ4v) is 1.97. The van der Waals surface area contributed by atoms with Crippen LogP contribution < -0.4 is 10.9 Å². The van der Waals surface area contributed by atoms with Gasteiger partial charge in [0.25, 0.3) is 5.56 Å². The lowest BCUT2D eigenvalue weighted by Crippen LogP contribution is -2.33. The highest BCUT2D eigenvalue weighted by molar-refractivity contribution is 5.93. The van der Waals surface area contributed by atoms with Crippen molar-refractivity contribution in [3.63, 3.8) is 0 Å². The summed E-state index contributed by atoms with van der Waals surface area (Å²) < 4.78 is 39.0. The van der Waals surface area contributed by atoms with Crippen LogP contribution in [0.4, 0.5) is 18.9 Å². The van der Waals surface area contributed by atoms with Crippen molar-refractivity contribution in [3.8, 4) is 5.69 Å². The van der Waals surface area contributed by atoms with Gasteiger partial charge in [0, 0.05) is 23.5 Å². The van der Waals surface area contributed by atoms with E-state index < -0.39 is 12.2 Å². The number of nitrogens with one attached hydrogen (secondary N) is 1. The topological polar surface area (TPSA) is 51.1 Å². The zero-order valence-corrected chi connectivity index (χ0v) is 12.5. The zero-order valence-electron chi connectivity index (χ0n) is 12.5. The van der Waals surface area contributed by atoms with Gasteiger partial charge in [-0.2, -0.15) is 13.2 Å². The summed E-state index contributed by atoms with van der Waals surface area (Å²) in [5.74, 6) is -0.210. The third kappa shape index (κ3) is 4.00. The summed E-state index contributed by atoms with van der Waals surface area (Å²) in [4.78, 5) is 23.3. The minimum Gasteiger partial charge on any atom is -0.374 e. The second kappa shape index (κ2) is 6.28. The molecule has 2 aromatic rings. The Morgan fingerprint density at radius 1 is 1.22 bits per heavy atom. The van der Waals surface area contributed by atoms with Gasteiger partial charge < -0.3 is 5.32 Å². The van der Waals surface area contributed by atoms with E-state index in [1.54, 1.807) is 6.07 Å². The highest BCUT2D eigenvalue weighted by Gasteiger charge is 2.35. The van der Waals surface area contributed by atoms with E-state index in [-0.39, 0.29) is 17.0 Å². The average molecular weight is 324 g/mol. The number of carbonyl (C=O) groups excluding carboxylic acids is 1. The summed E-state index contributed by atoms with van der Waals surface area (Å²) in [6, 6.07) is 6.95. The van der Waals surface area contributed by atoms with Gasteiger partial charge in [0.15, 0.2) is 5.78 Å². The number of Topliss-reactive ketones (excluding diaryl/α,β-unsaturated/α-hetero) is 1. The van der Waals surface area contributed by atoms with E-state index in [1.165, 1.54) is 48.0 Å². The number of rotatable bonds is 4. The van der Waals surface area contributed by atoms with Gasteiger partial charge in [0.2, 0.25) is 0 Å². The molecule has 0 amide bonds. The minimum absolute atomic E-state index is 0.210. The number of hydrogen-bond acceptors (Lipinski definition) is 3. The van der Waals surface area contributed by atoms with Crippen molar-refractivity contribution >= 4 is 11.5 Å². The van der Waals surface area contributed by atoms with Gasteiger partial charge in [-0.1, -0.05) is 6.07 Å². The van der Waals surface area contributed by atoms with Crippen molar-refractivity contribution in [1.82, 2.24) is 4.57 Å². The van der Waals surface area contributed by atoms with Crippen LogP contribution in [-0.4, -0.2) is 22.6 Å². The monoisotopic (exact) mass is 324 g/mol. The van der Waals surface area contributed by atoms with Crippen molar-refractivity contribution in [2.45, 2.75) is 26.1 Å². The number of benzene rings is 1. The highest BCUT2D eigenvalue weighted by Crippen LogP contribution is 2.24. The molecule has 0 fully saturated rings. The smallest absolute Gasteiger partial charge is 0.374 e. The molecule has 23 heavy (non-hydrogen) atoms. The number of nitrogens with zero attached hydrogens (tertiary/aromatic N) is 1. The van der Waals surface area contributed by atoms with Gasteiger partial charge >= 0.3 is 6.18 Å². The number of anilines is 1. The first-order valence-electron chi connectivity index (χ1n) is 6.86. The number of halogens is 3. The molecule has 1 N–H and O–H groups in total. The number of carbonyl (C=O) groups is 1. The van der Waals surface area contributed by atoms with Crippen LogP contribution >= 0.6 is 0 Å². The molecule has 0 aliphatic carbocycles. The number of hydrogen-bond donors (Lipinski definition) is 1. The van der Waals surface area contributed by atoms with Gasteiger partial charge in [0.1, 0.15) is 6.04 Å². The van der Waals surface area contributed by atoms with E-state index in [1.807, 2.05) is 0 Å². The Labute approximate surface area is 130 Å². The molecule has 122 valence electrons. The zero-order chi connectivity index (χ0) is 17.2. The standard InChI is InChI=1S/C16H15F3N2O2/c1-10(22)12-6-7-15(23)21(9-12)14-5-3-4-13(8-14)20-11(2)16(17,18)19/h3-9,11,20H,1-2H3. The number of pyridine rings is 1. The largest absolute Gasteiger partial charge is 0.408 e. The quantitative estimate of drug-likeness (QED) is 0.877. The van der Waals surface area contributed by atoms with Gasteiger partial charge in [-0.15, -0.1) is 0 Å². The Hall–Kier alpha value is -2.57. The van der Waals surface area contributed by atoms with Crippen molar-refractivity contribution in [2.75, 3.05) is 5.32 Å². The van der Waals surface area contributed by atoms with E-state index >= 15 is 0 Å².